The number of rotatable bonds is 6. The first-order valence-electron chi connectivity index (χ1n) is 6.40. The Balaban J connectivity index is 1.83. The van der Waals surface area contributed by atoms with Crippen molar-refractivity contribution in [1.29, 1.82) is 0 Å². The molecule has 0 amide bonds. The maximum Gasteiger partial charge on any atom is 0.170 e. The van der Waals surface area contributed by atoms with Gasteiger partial charge in [0, 0.05) is 6.20 Å². The molecule has 0 saturated carbocycles. The molecule has 1 heterocycles. The number of hydrogen-bond donors (Lipinski definition) is 0. The van der Waals surface area contributed by atoms with Crippen LogP contribution in [0.15, 0.2) is 36.5 Å². The standard InChI is InChI=1S/C15H18N2O2/c1-12(2)13-3-5-15(6-4-13)19-10-9-17-8-7-14(11-18)16-17/h3-8,11-12H,9-10H2,1-2H3. The minimum atomic E-state index is 0.446. The Hall–Kier alpha value is -2.10. The normalized spacial score (nSPS) is 10.7. The molecule has 0 radical (unpaired) electrons. The van der Waals surface area contributed by atoms with Gasteiger partial charge in [0.15, 0.2) is 6.29 Å². The van der Waals surface area contributed by atoms with Crippen LogP contribution in [0.5, 0.6) is 5.75 Å². The SMILES string of the molecule is CC(C)c1ccc(OCCn2ccc(C=O)n2)cc1. The van der Waals surface area contributed by atoms with E-state index in [0.717, 1.165) is 12.0 Å². The summed E-state index contributed by atoms with van der Waals surface area (Å²) in [5.41, 5.74) is 1.75. The smallest absolute Gasteiger partial charge is 0.170 e. The van der Waals surface area contributed by atoms with E-state index in [4.69, 9.17) is 4.74 Å². The molecular weight excluding hydrogens is 240 g/mol. The molecule has 1 aromatic heterocycles. The summed E-state index contributed by atoms with van der Waals surface area (Å²) in [7, 11) is 0. The minimum absolute atomic E-state index is 0.446. The maximum absolute atomic E-state index is 10.5. The van der Waals surface area contributed by atoms with Gasteiger partial charge < -0.3 is 4.74 Å². The summed E-state index contributed by atoms with van der Waals surface area (Å²) in [5.74, 6) is 1.38. The lowest BCUT2D eigenvalue weighted by atomic mass is 10.0. The highest BCUT2D eigenvalue weighted by molar-refractivity contribution is 5.71. The van der Waals surface area contributed by atoms with E-state index in [2.05, 4.69) is 31.1 Å². The van der Waals surface area contributed by atoms with Gasteiger partial charge in [-0.05, 0) is 29.7 Å². The molecule has 19 heavy (non-hydrogen) atoms. The Bertz CT molecular complexity index is 529. The average molecular weight is 258 g/mol. The van der Waals surface area contributed by atoms with Gasteiger partial charge >= 0.3 is 0 Å². The van der Waals surface area contributed by atoms with Gasteiger partial charge in [-0.2, -0.15) is 5.10 Å². The molecule has 0 aliphatic carbocycles. The van der Waals surface area contributed by atoms with Gasteiger partial charge in [-0.1, -0.05) is 26.0 Å². The first-order chi connectivity index (χ1) is 9.19. The number of aldehydes is 1. The number of aromatic nitrogens is 2. The number of carbonyl (C=O) groups is 1. The van der Waals surface area contributed by atoms with Crippen LogP contribution in [-0.2, 0) is 6.54 Å². The van der Waals surface area contributed by atoms with Crippen molar-refractivity contribution in [2.75, 3.05) is 6.61 Å². The van der Waals surface area contributed by atoms with Crippen LogP contribution in [0.25, 0.3) is 0 Å². The van der Waals surface area contributed by atoms with Gasteiger partial charge in [0.05, 0.1) is 6.54 Å². The van der Waals surface area contributed by atoms with Gasteiger partial charge in [0.2, 0.25) is 0 Å². The Morgan fingerprint density at radius 2 is 2.00 bits per heavy atom. The molecule has 0 bridgehead atoms. The van der Waals surface area contributed by atoms with Crippen LogP contribution in [-0.4, -0.2) is 22.7 Å². The molecule has 2 aromatic rings. The van der Waals surface area contributed by atoms with Crippen LogP contribution in [0.3, 0.4) is 0 Å². The predicted molar refractivity (Wildman–Crippen MR) is 73.6 cm³/mol. The quantitative estimate of drug-likeness (QED) is 0.748. The molecule has 100 valence electrons. The molecule has 0 unspecified atom stereocenters. The lowest BCUT2D eigenvalue weighted by Gasteiger charge is -2.09. The first kappa shape index (κ1) is 13.3. The lowest BCUT2D eigenvalue weighted by molar-refractivity contribution is 0.111. The van der Waals surface area contributed by atoms with Gasteiger partial charge in [0.1, 0.15) is 18.1 Å². The van der Waals surface area contributed by atoms with Crippen LogP contribution in [0, 0.1) is 0 Å². The average Bonchev–Trinajstić information content (AvgIpc) is 2.87. The molecule has 0 aliphatic rings. The van der Waals surface area contributed by atoms with E-state index in [1.54, 1.807) is 16.9 Å². The molecule has 0 spiro atoms. The molecule has 0 atom stereocenters. The number of ether oxygens (including phenoxy) is 1. The van der Waals surface area contributed by atoms with E-state index >= 15 is 0 Å². The van der Waals surface area contributed by atoms with Crippen LogP contribution in [0.2, 0.25) is 0 Å². The third kappa shape index (κ3) is 3.68. The molecule has 4 heteroatoms. The number of benzene rings is 1. The van der Waals surface area contributed by atoms with Crippen molar-refractivity contribution < 1.29 is 9.53 Å². The zero-order valence-electron chi connectivity index (χ0n) is 11.2. The highest BCUT2D eigenvalue weighted by atomic mass is 16.5. The van der Waals surface area contributed by atoms with Crippen molar-refractivity contribution in [3.8, 4) is 5.75 Å². The second-order valence-corrected chi connectivity index (χ2v) is 4.69. The van der Waals surface area contributed by atoms with Crippen LogP contribution in [0.1, 0.15) is 35.8 Å². The van der Waals surface area contributed by atoms with E-state index in [1.165, 1.54) is 5.56 Å². The van der Waals surface area contributed by atoms with E-state index < -0.39 is 0 Å². The van der Waals surface area contributed by atoms with Crippen molar-refractivity contribution in [1.82, 2.24) is 9.78 Å². The Morgan fingerprint density at radius 3 is 2.58 bits per heavy atom. The molecule has 0 saturated heterocycles. The first-order valence-corrected chi connectivity index (χ1v) is 6.40. The Morgan fingerprint density at radius 1 is 1.26 bits per heavy atom. The molecule has 0 fully saturated rings. The lowest BCUT2D eigenvalue weighted by Crippen LogP contribution is -2.09. The summed E-state index contributed by atoms with van der Waals surface area (Å²) in [6.07, 6.45) is 2.51. The van der Waals surface area contributed by atoms with Crippen LogP contribution < -0.4 is 4.74 Å². The molecule has 0 aliphatic heterocycles. The zero-order valence-corrected chi connectivity index (χ0v) is 11.2. The van der Waals surface area contributed by atoms with E-state index in [-0.39, 0.29) is 0 Å². The molecule has 0 N–H and O–H groups in total. The molecule has 1 aromatic carbocycles. The van der Waals surface area contributed by atoms with Crippen LogP contribution in [0.4, 0.5) is 0 Å². The minimum Gasteiger partial charge on any atom is -0.492 e. The second-order valence-electron chi connectivity index (χ2n) is 4.69. The zero-order chi connectivity index (χ0) is 13.7. The number of hydrogen-bond acceptors (Lipinski definition) is 3. The largest absolute Gasteiger partial charge is 0.492 e. The number of nitrogens with zero attached hydrogens (tertiary/aromatic N) is 2. The summed E-state index contributed by atoms with van der Waals surface area (Å²) in [6, 6.07) is 9.81. The van der Waals surface area contributed by atoms with E-state index in [9.17, 15) is 4.79 Å². The summed E-state index contributed by atoms with van der Waals surface area (Å²) in [6.45, 7) is 5.48. The predicted octanol–water partition coefficient (Wildman–Crippen LogP) is 2.90. The summed E-state index contributed by atoms with van der Waals surface area (Å²) in [5, 5.41) is 4.07. The fraction of sp³-hybridized carbons (Fsp3) is 0.333. The summed E-state index contributed by atoms with van der Waals surface area (Å²) in [4.78, 5) is 10.5. The van der Waals surface area contributed by atoms with Gasteiger partial charge in [-0.25, -0.2) is 0 Å². The van der Waals surface area contributed by atoms with Gasteiger partial charge in [-0.3, -0.25) is 9.48 Å². The molecule has 2 rings (SSSR count). The van der Waals surface area contributed by atoms with E-state index in [0.29, 0.717) is 24.8 Å². The second kappa shape index (κ2) is 6.18. The number of carbonyl (C=O) groups excluding carboxylic acids is 1. The van der Waals surface area contributed by atoms with Crippen molar-refractivity contribution in [3.05, 3.63) is 47.8 Å². The van der Waals surface area contributed by atoms with Crippen LogP contribution >= 0.6 is 0 Å². The fourth-order valence-corrected chi connectivity index (χ4v) is 1.77. The highest BCUT2D eigenvalue weighted by Crippen LogP contribution is 2.18. The van der Waals surface area contributed by atoms with Crippen molar-refractivity contribution in [2.45, 2.75) is 26.3 Å². The topological polar surface area (TPSA) is 44.1 Å². The third-order valence-electron chi connectivity index (χ3n) is 2.92. The summed E-state index contributed by atoms with van der Waals surface area (Å²) >= 11 is 0. The maximum atomic E-state index is 10.5. The van der Waals surface area contributed by atoms with Gasteiger partial charge in [-0.15, -0.1) is 0 Å². The monoisotopic (exact) mass is 258 g/mol. The van der Waals surface area contributed by atoms with Crippen molar-refractivity contribution >= 4 is 6.29 Å². The molecule has 4 nitrogen and oxygen atoms in total. The Labute approximate surface area is 113 Å². The van der Waals surface area contributed by atoms with E-state index in [1.807, 2.05) is 12.1 Å². The van der Waals surface area contributed by atoms with Crippen molar-refractivity contribution in [2.24, 2.45) is 0 Å². The fourth-order valence-electron chi connectivity index (χ4n) is 1.77. The van der Waals surface area contributed by atoms with Crippen molar-refractivity contribution in [3.63, 3.8) is 0 Å². The Kier molecular flexibility index (Phi) is 4.34. The highest BCUT2D eigenvalue weighted by Gasteiger charge is 2.00. The molecular formula is C15H18N2O2. The summed E-state index contributed by atoms with van der Waals surface area (Å²) < 4.78 is 7.34. The van der Waals surface area contributed by atoms with Gasteiger partial charge in [0.25, 0.3) is 0 Å². The third-order valence-corrected chi connectivity index (χ3v) is 2.92.